The van der Waals surface area contributed by atoms with Gasteiger partial charge in [0.15, 0.2) is 0 Å². The Morgan fingerprint density at radius 1 is 1.33 bits per heavy atom. The Balaban J connectivity index is 2.26. The standard InChI is InChI=1S/C13H15BrN2O2/c1-8(10-3-5-11(14)6-4-10)16-9(2)13(18)15-7-12(16)17/h3-6,8-9H,7H2,1-2H3,(H,15,18)/t8-,9-/m0/s1. The number of nitrogens with one attached hydrogen (secondary N) is 1. The highest BCUT2D eigenvalue weighted by Crippen LogP contribution is 2.25. The third kappa shape index (κ3) is 2.41. The number of hydrogen-bond acceptors (Lipinski definition) is 2. The minimum Gasteiger partial charge on any atom is -0.345 e. The van der Waals surface area contributed by atoms with Gasteiger partial charge in [0.05, 0.1) is 12.6 Å². The van der Waals surface area contributed by atoms with Gasteiger partial charge in [0.25, 0.3) is 0 Å². The molecule has 1 aromatic carbocycles. The molecule has 1 saturated heterocycles. The lowest BCUT2D eigenvalue weighted by Crippen LogP contribution is -2.57. The molecule has 2 amide bonds. The largest absolute Gasteiger partial charge is 0.345 e. The molecular weight excluding hydrogens is 296 g/mol. The summed E-state index contributed by atoms with van der Waals surface area (Å²) in [5.74, 6) is -0.143. The maximum Gasteiger partial charge on any atom is 0.243 e. The molecule has 2 atom stereocenters. The number of rotatable bonds is 2. The fraction of sp³-hybridized carbons (Fsp3) is 0.385. The van der Waals surface area contributed by atoms with Gasteiger partial charge in [0.2, 0.25) is 11.8 Å². The summed E-state index contributed by atoms with van der Waals surface area (Å²) in [4.78, 5) is 25.2. The normalized spacial score (nSPS) is 21.7. The van der Waals surface area contributed by atoms with Gasteiger partial charge >= 0.3 is 0 Å². The first-order valence-electron chi connectivity index (χ1n) is 5.85. The van der Waals surface area contributed by atoms with Crippen molar-refractivity contribution in [2.45, 2.75) is 25.9 Å². The van der Waals surface area contributed by atoms with E-state index in [1.54, 1.807) is 11.8 Å². The molecule has 18 heavy (non-hydrogen) atoms. The molecule has 1 aliphatic rings. The second kappa shape index (κ2) is 5.10. The van der Waals surface area contributed by atoms with Crippen molar-refractivity contribution in [1.82, 2.24) is 10.2 Å². The van der Waals surface area contributed by atoms with Gasteiger partial charge in [-0.1, -0.05) is 28.1 Å². The average molecular weight is 311 g/mol. The first-order chi connectivity index (χ1) is 8.50. The number of nitrogens with zero attached hydrogens (tertiary/aromatic N) is 1. The van der Waals surface area contributed by atoms with Crippen LogP contribution in [0.25, 0.3) is 0 Å². The summed E-state index contributed by atoms with van der Waals surface area (Å²) in [5, 5.41) is 2.59. The van der Waals surface area contributed by atoms with Gasteiger partial charge in [-0.2, -0.15) is 0 Å². The molecule has 0 saturated carbocycles. The summed E-state index contributed by atoms with van der Waals surface area (Å²) < 4.78 is 0.995. The molecule has 0 aliphatic carbocycles. The number of hydrogen-bond donors (Lipinski definition) is 1. The number of benzene rings is 1. The lowest BCUT2D eigenvalue weighted by Gasteiger charge is -2.37. The van der Waals surface area contributed by atoms with Gasteiger partial charge in [-0.05, 0) is 31.5 Å². The van der Waals surface area contributed by atoms with E-state index < -0.39 is 6.04 Å². The van der Waals surface area contributed by atoms with Crippen LogP contribution in [0.15, 0.2) is 28.7 Å². The van der Waals surface area contributed by atoms with Gasteiger partial charge < -0.3 is 10.2 Å². The van der Waals surface area contributed by atoms with E-state index in [9.17, 15) is 9.59 Å². The van der Waals surface area contributed by atoms with Crippen molar-refractivity contribution < 1.29 is 9.59 Å². The predicted molar refractivity (Wildman–Crippen MR) is 71.9 cm³/mol. The first kappa shape index (κ1) is 13.1. The number of carbonyl (C=O) groups excluding carboxylic acids is 2. The van der Waals surface area contributed by atoms with Crippen LogP contribution < -0.4 is 5.32 Å². The zero-order chi connectivity index (χ0) is 13.3. The summed E-state index contributed by atoms with van der Waals surface area (Å²) in [6.45, 7) is 3.78. The molecule has 1 fully saturated rings. The van der Waals surface area contributed by atoms with Gasteiger partial charge in [-0.3, -0.25) is 9.59 Å². The van der Waals surface area contributed by atoms with Crippen LogP contribution in [0.4, 0.5) is 0 Å². The molecule has 0 bridgehead atoms. The zero-order valence-electron chi connectivity index (χ0n) is 10.3. The Hall–Kier alpha value is -1.36. The van der Waals surface area contributed by atoms with E-state index in [0.717, 1.165) is 10.0 Å². The number of amides is 2. The van der Waals surface area contributed by atoms with Crippen molar-refractivity contribution in [3.05, 3.63) is 34.3 Å². The minimum absolute atomic E-state index is 0.0440. The molecule has 96 valence electrons. The van der Waals surface area contributed by atoms with Crippen LogP contribution in [0, 0.1) is 0 Å². The highest BCUT2D eigenvalue weighted by molar-refractivity contribution is 9.10. The van der Waals surface area contributed by atoms with E-state index in [-0.39, 0.29) is 24.4 Å². The maximum absolute atomic E-state index is 11.9. The van der Waals surface area contributed by atoms with E-state index in [1.165, 1.54) is 0 Å². The van der Waals surface area contributed by atoms with Crippen molar-refractivity contribution in [2.24, 2.45) is 0 Å². The summed E-state index contributed by atoms with van der Waals surface area (Å²) >= 11 is 3.38. The summed E-state index contributed by atoms with van der Waals surface area (Å²) in [5.41, 5.74) is 1.02. The Bertz CT molecular complexity index is 472. The molecule has 5 heteroatoms. The molecule has 0 aromatic heterocycles. The zero-order valence-corrected chi connectivity index (χ0v) is 11.9. The van der Waals surface area contributed by atoms with Crippen LogP contribution >= 0.6 is 15.9 Å². The lowest BCUT2D eigenvalue weighted by atomic mass is 10.0. The summed E-state index contributed by atoms with van der Waals surface area (Å²) in [6, 6.07) is 7.26. The quantitative estimate of drug-likeness (QED) is 0.906. The Morgan fingerprint density at radius 2 is 1.94 bits per heavy atom. The minimum atomic E-state index is -0.426. The first-order valence-corrected chi connectivity index (χ1v) is 6.64. The van der Waals surface area contributed by atoms with Crippen LogP contribution in [-0.2, 0) is 9.59 Å². The molecule has 1 N–H and O–H groups in total. The predicted octanol–water partition coefficient (Wildman–Crippen LogP) is 1.86. The van der Waals surface area contributed by atoms with Crippen molar-refractivity contribution in [3.8, 4) is 0 Å². The fourth-order valence-corrected chi connectivity index (χ4v) is 2.46. The van der Waals surface area contributed by atoms with Crippen LogP contribution in [0.3, 0.4) is 0 Å². The maximum atomic E-state index is 11.9. The lowest BCUT2D eigenvalue weighted by molar-refractivity contribution is -0.147. The highest BCUT2D eigenvalue weighted by Gasteiger charge is 2.34. The second-order valence-electron chi connectivity index (χ2n) is 4.42. The summed E-state index contributed by atoms with van der Waals surface area (Å²) in [6.07, 6.45) is 0. The fourth-order valence-electron chi connectivity index (χ4n) is 2.20. The van der Waals surface area contributed by atoms with E-state index in [0.29, 0.717) is 0 Å². The highest BCUT2D eigenvalue weighted by atomic mass is 79.9. The van der Waals surface area contributed by atoms with Crippen molar-refractivity contribution in [3.63, 3.8) is 0 Å². The third-order valence-electron chi connectivity index (χ3n) is 3.27. The van der Waals surface area contributed by atoms with Crippen LogP contribution in [-0.4, -0.2) is 29.3 Å². The van der Waals surface area contributed by atoms with Crippen molar-refractivity contribution in [2.75, 3.05) is 6.54 Å². The molecule has 1 heterocycles. The Labute approximate surface area is 114 Å². The van der Waals surface area contributed by atoms with E-state index in [2.05, 4.69) is 21.2 Å². The van der Waals surface area contributed by atoms with E-state index >= 15 is 0 Å². The average Bonchev–Trinajstić information content (AvgIpc) is 2.35. The molecule has 2 rings (SSSR count). The van der Waals surface area contributed by atoms with Gasteiger partial charge in [-0.25, -0.2) is 0 Å². The van der Waals surface area contributed by atoms with Crippen LogP contribution in [0.2, 0.25) is 0 Å². The summed E-state index contributed by atoms with van der Waals surface area (Å²) in [7, 11) is 0. The second-order valence-corrected chi connectivity index (χ2v) is 5.34. The number of carbonyl (C=O) groups is 2. The molecule has 0 radical (unpaired) electrons. The molecular formula is C13H15BrN2O2. The molecule has 1 aromatic rings. The third-order valence-corrected chi connectivity index (χ3v) is 3.80. The number of halogens is 1. The molecule has 1 aliphatic heterocycles. The SMILES string of the molecule is C[C@H]1C(=O)NCC(=O)N1[C@@H](C)c1ccc(Br)cc1. The molecule has 4 nitrogen and oxygen atoms in total. The smallest absolute Gasteiger partial charge is 0.243 e. The number of piperazine rings is 1. The van der Waals surface area contributed by atoms with Crippen molar-refractivity contribution in [1.29, 1.82) is 0 Å². The monoisotopic (exact) mass is 310 g/mol. The van der Waals surface area contributed by atoms with Crippen molar-refractivity contribution >= 4 is 27.7 Å². The van der Waals surface area contributed by atoms with Gasteiger partial charge in [0, 0.05) is 4.47 Å². The molecule has 0 unspecified atom stereocenters. The Kier molecular flexibility index (Phi) is 3.71. The topological polar surface area (TPSA) is 49.4 Å². The Morgan fingerprint density at radius 3 is 2.56 bits per heavy atom. The van der Waals surface area contributed by atoms with Crippen LogP contribution in [0.1, 0.15) is 25.5 Å². The van der Waals surface area contributed by atoms with Gasteiger partial charge in [-0.15, -0.1) is 0 Å². The molecule has 0 spiro atoms. The van der Waals surface area contributed by atoms with Gasteiger partial charge in [0.1, 0.15) is 6.04 Å². The van der Waals surface area contributed by atoms with E-state index in [4.69, 9.17) is 0 Å². The van der Waals surface area contributed by atoms with E-state index in [1.807, 2.05) is 31.2 Å². The van der Waals surface area contributed by atoms with Crippen LogP contribution in [0.5, 0.6) is 0 Å².